The van der Waals surface area contributed by atoms with E-state index < -0.39 is 29.6 Å². The van der Waals surface area contributed by atoms with Crippen LogP contribution >= 0.6 is 15.9 Å². The molecule has 1 aromatic carbocycles. The zero-order valence-electron chi connectivity index (χ0n) is 26.0. The van der Waals surface area contributed by atoms with Crippen molar-refractivity contribution in [3.05, 3.63) is 49.6 Å². The predicted molar refractivity (Wildman–Crippen MR) is 173 cm³/mol. The SMILES string of the molecule is C=CCN(CCN1CCOCC1)C(=O)C1N(CCCO)C(=O)[C@@H]2[C@H](C(=O)N(CC=C)c3ccc(OCC)cc3)[C@H]3OC12CC3Br. The van der Waals surface area contributed by atoms with E-state index >= 15 is 0 Å². The number of morpholine rings is 1. The molecule has 2 bridgehead atoms. The number of likely N-dealkylation sites (tertiary alicyclic amines) is 1. The average Bonchev–Trinajstić information content (AvgIpc) is 3.64. The van der Waals surface area contributed by atoms with E-state index in [0.29, 0.717) is 63.7 Å². The van der Waals surface area contributed by atoms with Crippen LogP contribution in [0.1, 0.15) is 19.8 Å². The molecule has 0 aromatic heterocycles. The second-order valence-electron chi connectivity index (χ2n) is 12.0. The van der Waals surface area contributed by atoms with Gasteiger partial charge in [0.1, 0.15) is 17.4 Å². The van der Waals surface area contributed by atoms with Crippen molar-refractivity contribution in [3.63, 3.8) is 0 Å². The van der Waals surface area contributed by atoms with Crippen LogP contribution in [0, 0.1) is 11.8 Å². The van der Waals surface area contributed by atoms with Gasteiger partial charge in [-0.2, -0.15) is 0 Å². The molecule has 0 radical (unpaired) electrons. The van der Waals surface area contributed by atoms with Crippen molar-refractivity contribution < 1.29 is 33.7 Å². The lowest BCUT2D eigenvalue weighted by atomic mass is 9.70. The van der Waals surface area contributed by atoms with E-state index in [1.807, 2.05) is 31.2 Å². The number of fused-ring (bicyclic) bond motifs is 1. The molecule has 0 aliphatic carbocycles. The number of halogens is 1. The van der Waals surface area contributed by atoms with E-state index in [1.165, 1.54) is 0 Å². The van der Waals surface area contributed by atoms with Crippen molar-refractivity contribution in [1.29, 1.82) is 0 Å². The minimum atomic E-state index is -1.18. The largest absolute Gasteiger partial charge is 0.494 e. The molecule has 4 heterocycles. The number of alkyl halides is 1. The smallest absolute Gasteiger partial charge is 0.248 e. The summed E-state index contributed by atoms with van der Waals surface area (Å²) < 4.78 is 17.8. The molecular formula is C33H45BrN4O7. The van der Waals surface area contributed by atoms with Crippen LogP contribution < -0.4 is 9.64 Å². The summed E-state index contributed by atoms with van der Waals surface area (Å²) in [5.74, 6) is -1.70. The van der Waals surface area contributed by atoms with Gasteiger partial charge in [-0.05, 0) is 44.0 Å². The number of carbonyl (C=O) groups is 3. The van der Waals surface area contributed by atoms with Crippen LogP contribution in [-0.2, 0) is 23.9 Å². The molecular weight excluding hydrogens is 644 g/mol. The third kappa shape index (κ3) is 6.44. The predicted octanol–water partition coefficient (Wildman–Crippen LogP) is 2.08. The standard InChI is InChI=1S/C33H45BrN4O7/c1-4-12-36(16-15-35-17-20-43-21-18-35)32(42)29-33-22-25(34)28(45-33)26(27(33)31(41)38(29)14-7-19-39)30(40)37(13-5-2)23-8-10-24(11-9-23)44-6-3/h4-5,8-11,25-29,39H,1-2,6-7,12-22H2,3H3/t25?,26-,27-,28-,29?,33?/m0/s1. The van der Waals surface area contributed by atoms with Crippen LogP contribution in [0.5, 0.6) is 5.75 Å². The van der Waals surface area contributed by atoms with Gasteiger partial charge in [-0.3, -0.25) is 19.3 Å². The first-order valence-corrected chi connectivity index (χ1v) is 16.8. The normalized spacial score (nSPS) is 29.0. The number of hydrogen-bond donors (Lipinski definition) is 1. The Morgan fingerprint density at radius 2 is 1.84 bits per heavy atom. The van der Waals surface area contributed by atoms with E-state index in [0.717, 1.165) is 13.1 Å². The van der Waals surface area contributed by atoms with Crippen LogP contribution in [0.4, 0.5) is 5.69 Å². The summed E-state index contributed by atoms with van der Waals surface area (Å²) in [5, 5.41) is 9.71. The zero-order chi connectivity index (χ0) is 32.1. The first kappa shape index (κ1) is 33.6. The Bertz CT molecular complexity index is 1240. The summed E-state index contributed by atoms with van der Waals surface area (Å²) in [5.41, 5.74) is -0.526. The lowest BCUT2D eigenvalue weighted by molar-refractivity contribution is -0.148. The molecule has 3 unspecified atom stereocenters. The zero-order valence-corrected chi connectivity index (χ0v) is 27.6. The molecule has 4 saturated heterocycles. The van der Waals surface area contributed by atoms with Gasteiger partial charge < -0.3 is 34.0 Å². The van der Waals surface area contributed by atoms with Gasteiger partial charge in [-0.25, -0.2) is 0 Å². The van der Waals surface area contributed by atoms with E-state index in [4.69, 9.17) is 14.2 Å². The van der Waals surface area contributed by atoms with Gasteiger partial charge in [-0.1, -0.05) is 28.1 Å². The molecule has 4 aliphatic heterocycles. The number of nitrogens with zero attached hydrogens (tertiary/aromatic N) is 4. The number of benzene rings is 1. The number of aliphatic hydroxyl groups excluding tert-OH is 1. The highest BCUT2D eigenvalue weighted by atomic mass is 79.9. The molecule has 4 aliphatic rings. The minimum absolute atomic E-state index is 0.131. The minimum Gasteiger partial charge on any atom is -0.494 e. The molecule has 5 rings (SSSR count). The maximum absolute atomic E-state index is 14.5. The number of amides is 3. The molecule has 6 atom stereocenters. The molecule has 1 aromatic rings. The van der Waals surface area contributed by atoms with Gasteiger partial charge in [0.15, 0.2) is 0 Å². The Kier molecular flexibility index (Phi) is 11.0. The molecule has 4 fully saturated rings. The van der Waals surface area contributed by atoms with Gasteiger partial charge in [-0.15, -0.1) is 13.2 Å². The summed E-state index contributed by atoms with van der Waals surface area (Å²) >= 11 is 3.76. The number of hydrogen-bond acceptors (Lipinski definition) is 8. The summed E-state index contributed by atoms with van der Waals surface area (Å²) in [6, 6.07) is 6.34. The average molecular weight is 690 g/mol. The fraction of sp³-hybridized carbons (Fsp3) is 0.606. The summed E-state index contributed by atoms with van der Waals surface area (Å²) in [7, 11) is 0. The van der Waals surface area contributed by atoms with Gasteiger partial charge in [0.05, 0.1) is 37.8 Å². The summed E-state index contributed by atoms with van der Waals surface area (Å²) in [6.07, 6.45) is 3.49. The third-order valence-corrected chi connectivity index (χ3v) is 10.2. The highest BCUT2D eigenvalue weighted by Gasteiger charge is 2.76. The Morgan fingerprint density at radius 3 is 2.49 bits per heavy atom. The Labute approximate surface area is 273 Å². The molecule has 246 valence electrons. The third-order valence-electron chi connectivity index (χ3n) is 9.35. The second-order valence-corrected chi connectivity index (χ2v) is 13.1. The second kappa shape index (κ2) is 14.8. The van der Waals surface area contributed by atoms with Crippen molar-refractivity contribution in [2.45, 2.75) is 42.3 Å². The monoisotopic (exact) mass is 688 g/mol. The molecule has 1 spiro atoms. The fourth-order valence-corrected chi connectivity index (χ4v) is 8.34. The van der Waals surface area contributed by atoms with Crippen molar-refractivity contribution in [3.8, 4) is 5.75 Å². The highest BCUT2D eigenvalue weighted by Crippen LogP contribution is 2.60. The first-order chi connectivity index (χ1) is 21.8. The Hall–Kier alpha value is -2.77. The van der Waals surface area contributed by atoms with E-state index in [9.17, 15) is 19.5 Å². The van der Waals surface area contributed by atoms with Crippen LogP contribution in [-0.4, -0.2) is 132 Å². The lowest BCUT2D eigenvalue weighted by Crippen LogP contribution is -2.58. The molecule has 45 heavy (non-hydrogen) atoms. The Balaban J connectivity index is 1.47. The molecule has 11 nitrogen and oxygen atoms in total. The topological polar surface area (TPSA) is 112 Å². The maximum Gasteiger partial charge on any atom is 0.248 e. The number of rotatable bonds is 15. The van der Waals surface area contributed by atoms with Crippen molar-refractivity contribution in [2.24, 2.45) is 11.8 Å². The molecule has 0 saturated carbocycles. The number of anilines is 1. The number of ether oxygens (including phenoxy) is 3. The summed E-state index contributed by atoms with van der Waals surface area (Å²) in [4.78, 5) is 50.3. The van der Waals surface area contributed by atoms with Gasteiger partial charge in [0, 0.05) is 62.9 Å². The van der Waals surface area contributed by atoms with Crippen molar-refractivity contribution >= 4 is 39.3 Å². The van der Waals surface area contributed by atoms with E-state index in [1.54, 1.807) is 26.9 Å². The van der Waals surface area contributed by atoms with Crippen LogP contribution in [0.15, 0.2) is 49.6 Å². The quantitative estimate of drug-likeness (QED) is 0.220. The van der Waals surface area contributed by atoms with Crippen LogP contribution in [0.2, 0.25) is 0 Å². The maximum atomic E-state index is 14.5. The van der Waals surface area contributed by atoms with E-state index in [2.05, 4.69) is 34.0 Å². The van der Waals surface area contributed by atoms with Gasteiger partial charge >= 0.3 is 0 Å². The number of carbonyl (C=O) groups excluding carboxylic acids is 3. The van der Waals surface area contributed by atoms with Gasteiger partial charge in [0.25, 0.3) is 0 Å². The van der Waals surface area contributed by atoms with E-state index in [-0.39, 0.29) is 42.2 Å². The molecule has 3 amide bonds. The summed E-state index contributed by atoms with van der Waals surface area (Å²) in [6.45, 7) is 14.8. The lowest BCUT2D eigenvalue weighted by Gasteiger charge is -2.38. The van der Waals surface area contributed by atoms with Crippen LogP contribution in [0.25, 0.3) is 0 Å². The molecule has 12 heteroatoms. The van der Waals surface area contributed by atoms with Crippen LogP contribution in [0.3, 0.4) is 0 Å². The van der Waals surface area contributed by atoms with Crippen molar-refractivity contribution in [2.75, 3.05) is 77.1 Å². The van der Waals surface area contributed by atoms with Crippen molar-refractivity contribution in [1.82, 2.24) is 14.7 Å². The highest BCUT2D eigenvalue weighted by molar-refractivity contribution is 9.09. The first-order valence-electron chi connectivity index (χ1n) is 15.9. The number of aliphatic hydroxyl groups is 1. The Morgan fingerprint density at radius 1 is 1.13 bits per heavy atom. The fourth-order valence-electron chi connectivity index (χ4n) is 7.40. The molecule has 1 N–H and O–H groups in total. The van der Waals surface area contributed by atoms with Gasteiger partial charge in [0.2, 0.25) is 17.7 Å².